The van der Waals surface area contributed by atoms with E-state index in [2.05, 4.69) is 35.0 Å². The Bertz CT molecular complexity index is 449. The average Bonchev–Trinajstić information content (AvgIpc) is 2.28. The van der Waals surface area contributed by atoms with E-state index in [1.165, 1.54) is 5.56 Å². The van der Waals surface area contributed by atoms with Crippen molar-refractivity contribution in [3.8, 4) is 0 Å². The number of hydrogen-bond donors (Lipinski definition) is 1. The second kappa shape index (κ2) is 4.23. The lowest BCUT2D eigenvalue weighted by molar-refractivity contribution is 1.18. The van der Waals surface area contributed by atoms with Gasteiger partial charge in [0.05, 0.1) is 0 Å². The van der Waals surface area contributed by atoms with Crippen LogP contribution in [-0.2, 0) is 0 Å². The van der Waals surface area contributed by atoms with Gasteiger partial charge in [-0.2, -0.15) is 0 Å². The number of nitrogens with zero attached hydrogens (tertiary/aromatic N) is 2. The normalized spacial score (nSPS) is 10.1. The molecular formula is C13H15N3. The third kappa shape index (κ3) is 2.14. The van der Waals surface area contributed by atoms with E-state index in [1.807, 2.05) is 25.2 Å². The molecule has 0 atom stereocenters. The largest absolute Gasteiger partial charge is 0.384 e. The number of rotatable bonds is 2. The molecule has 2 N–H and O–H groups in total. The summed E-state index contributed by atoms with van der Waals surface area (Å²) in [5.41, 5.74) is 9.09. The van der Waals surface area contributed by atoms with Crippen LogP contribution in [0.2, 0.25) is 0 Å². The Kier molecular flexibility index (Phi) is 2.77. The van der Waals surface area contributed by atoms with Gasteiger partial charge in [-0.15, -0.1) is 0 Å². The zero-order chi connectivity index (χ0) is 11.5. The lowest BCUT2D eigenvalue weighted by Gasteiger charge is -2.19. The van der Waals surface area contributed by atoms with E-state index in [0.717, 1.165) is 11.4 Å². The van der Waals surface area contributed by atoms with Gasteiger partial charge in [-0.1, -0.05) is 12.1 Å². The van der Waals surface area contributed by atoms with Crippen LogP contribution >= 0.6 is 0 Å². The van der Waals surface area contributed by atoms with Crippen molar-refractivity contribution in [1.29, 1.82) is 0 Å². The topological polar surface area (TPSA) is 42.2 Å². The van der Waals surface area contributed by atoms with E-state index in [9.17, 15) is 0 Å². The van der Waals surface area contributed by atoms with Gasteiger partial charge in [0.1, 0.15) is 5.82 Å². The summed E-state index contributed by atoms with van der Waals surface area (Å²) < 4.78 is 0. The maximum Gasteiger partial charge on any atom is 0.125 e. The number of aryl methyl sites for hydroxylation is 1. The Labute approximate surface area is 95.5 Å². The van der Waals surface area contributed by atoms with E-state index in [1.54, 1.807) is 6.20 Å². The molecule has 0 radical (unpaired) electrons. The van der Waals surface area contributed by atoms with Gasteiger partial charge in [-0.25, -0.2) is 4.98 Å². The molecule has 82 valence electrons. The Morgan fingerprint density at radius 3 is 2.56 bits per heavy atom. The minimum absolute atomic E-state index is 0.539. The van der Waals surface area contributed by atoms with Crippen LogP contribution < -0.4 is 10.6 Å². The third-order valence-electron chi connectivity index (χ3n) is 2.54. The van der Waals surface area contributed by atoms with Crippen molar-refractivity contribution in [2.45, 2.75) is 6.92 Å². The van der Waals surface area contributed by atoms with E-state index >= 15 is 0 Å². The minimum Gasteiger partial charge on any atom is -0.384 e. The van der Waals surface area contributed by atoms with Gasteiger partial charge < -0.3 is 10.6 Å². The Morgan fingerprint density at radius 2 is 1.88 bits per heavy atom. The summed E-state index contributed by atoms with van der Waals surface area (Å²) in [7, 11) is 2.02. The fourth-order valence-corrected chi connectivity index (χ4v) is 1.63. The van der Waals surface area contributed by atoms with Crippen LogP contribution in [0.5, 0.6) is 0 Å². The minimum atomic E-state index is 0.539. The molecule has 0 aliphatic rings. The molecular weight excluding hydrogens is 198 g/mol. The number of nitrogen functional groups attached to an aromatic ring is 1. The van der Waals surface area contributed by atoms with Crippen molar-refractivity contribution >= 4 is 17.2 Å². The van der Waals surface area contributed by atoms with Crippen LogP contribution in [0.25, 0.3) is 0 Å². The third-order valence-corrected chi connectivity index (χ3v) is 2.54. The van der Waals surface area contributed by atoms with Crippen LogP contribution in [0.15, 0.2) is 42.6 Å². The lowest BCUT2D eigenvalue weighted by atomic mass is 10.2. The molecule has 0 unspecified atom stereocenters. The quantitative estimate of drug-likeness (QED) is 0.834. The molecule has 3 nitrogen and oxygen atoms in total. The highest BCUT2D eigenvalue weighted by atomic mass is 15.1. The van der Waals surface area contributed by atoms with Crippen LogP contribution in [0.4, 0.5) is 17.2 Å². The van der Waals surface area contributed by atoms with Crippen molar-refractivity contribution in [2.24, 2.45) is 0 Å². The maximum absolute atomic E-state index is 5.67. The number of pyridine rings is 1. The summed E-state index contributed by atoms with van der Waals surface area (Å²) in [6.07, 6.45) is 1.72. The van der Waals surface area contributed by atoms with Crippen molar-refractivity contribution in [3.63, 3.8) is 0 Å². The molecule has 16 heavy (non-hydrogen) atoms. The van der Waals surface area contributed by atoms with Gasteiger partial charge in [0.25, 0.3) is 0 Å². The van der Waals surface area contributed by atoms with Crippen molar-refractivity contribution in [1.82, 2.24) is 4.98 Å². The number of aromatic nitrogens is 1. The van der Waals surface area contributed by atoms with Crippen LogP contribution in [-0.4, -0.2) is 12.0 Å². The second-order valence-corrected chi connectivity index (χ2v) is 3.84. The van der Waals surface area contributed by atoms with Crippen molar-refractivity contribution in [3.05, 3.63) is 48.2 Å². The zero-order valence-electron chi connectivity index (χ0n) is 9.51. The average molecular weight is 213 g/mol. The summed E-state index contributed by atoms with van der Waals surface area (Å²) in [5.74, 6) is 0.539. The van der Waals surface area contributed by atoms with Crippen LogP contribution in [0.1, 0.15) is 5.56 Å². The van der Waals surface area contributed by atoms with Gasteiger partial charge in [-0.3, -0.25) is 0 Å². The Hall–Kier alpha value is -2.03. The fraction of sp³-hybridized carbons (Fsp3) is 0.154. The summed E-state index contributed by atoms with van der Waals surface area (Å²) in [5, 5.41) is 0. The molecule has 2 rings (SSSR count). The van der Waals surface area contributed by atoms with Gasteiger partial charge in [0.15, 0.2) is 0 Å². The molecule has 0 fully saturated rings. The molecule has 0 bridgehead atoms. The fourth-order valence-electron chi connectivity index (χ4n) is 1.63. The molecule has 1 heterocycles. The highest BCUT2D eigenvalue weighted by Gasteiger charge is 2.04. The predicted octanol–water partition coefficient (Wildman–Crippen LogP) is 2.74. The van der Waals surface area contributed by atoms with E-state index < -0.39 is 0 Å². The monoisotopic (exact) mass is 213 g/mol. The molecule has 1 aromatic carbocycles. The smallest absolute Gasteiger partial charge is 0.125 e. The summed E-state index contributed by atoms with van der Waals surface area (Å²) in [4.78, 5) is 6.07. The zero-order valence-corrected chi connectivity index (χ0v) is 9.51. The van der Waals surface area contributed by atoms with Gasteiger partial charge in [0.2, 0.25) is 0 Å². The summed E-state index contributed by atoms with van der Waals surface area (Å²) in [6.45, 7) is 2.08. The molecule has 1 aromatic heterocycles. The van der Waals surface area contributed by atoms with E-state index in [-0.39, 0.29) is 0 Å². The van der Waals surface area contributed by atoms with Crippen LogP contribution in [0, 0.1) is 6.92 Å². The number of anilines is 3. The van der Waals surface area contributed by atoms with Gasteiger partial charge in [0, 0.05) is 30.7 Å². The van der Waals surface area contributed by atoms with Crippen molar-refractivity contribution < 1.29 is 0 Å². The molecule has 0 saturated carbocycles. The van der Waals surface area contributed by atoms with E-state index in [4.69, 9.17) is 5.73 Å². The Balaban J connectivity index is 2.35. The van der Waals surface area contributed by atoms with Gasteiger partial charge >= 0.3 is 0 Å². The number of benzene rings is 1. The first-order valence-corrected chi connectivity index (χ1v) is 5.19. The molecule has 0 saturated heterocycles. The molecule has 0 spiro atoms. The summed E-state index contributed by atoms with van der Waals surface area (Å²) in [6, 6.07) is 12.1. The second-order valence-electron chi connectivity index (χ2n) is 3.84. The van der Waals surface area contributed by atoms with Crippen LogP contribution in [0.3, 0.4) is 0 Å². The first-order valence-electron chi connectivity index (χ1n) is 5.19. The first-order chi connectivity index (χ1) is 7.66. The predicted molar refractivity (Wildman–Crippen MR) is 67.9 cm³/mol. The van der Waals surface area contributed by atoms with Crippen molar-refractivity contribution in [2.75, 3.05) is 17.7 Å². The van der Waals surface area contributed by atoms with Gasteiger partial charge in [-0.05, 0) is 30.7 Å². The molecule has 2 aromatic rings. The standard InChI is InChI=1S/C13H15N3/c1-10-4-3-5-11(8-10)16(2)12-6-7-15-13(14)9-12/h3-9H,1-2H3,(H2,14,15). The Morgan fingerprint density at radius 1 is 1.12 bits per heavy atom. The molecule has 0 amide bonds. The molecule has 3 heteroatoms. The van der Waals surface area contributed by atoms with E-state index in [0.29, 0.717) is 5.82 Å². The number of nitrogens with two attached hydrogens (primary N) is 1. The highest BCUT2D eigenvalue weighted by Crippen LogP contribution is 2.24. The highest BCUT2D eigenvalue weighted by molar-refractivity contribution is 5.64. The molecule has 0 aliphatic heterocycles. The molecule has 0 aliphatic carbocycles. The number of hydrogen-bond acceptors (Lipinski definition) is 3. The SMILES string of the molecule is Cc1cccc(N(C)c2ccnc(N)c2)c1. The lowest BCUT2D eigenvalue weighted by Crippen LogP contribution is -2.10. The summed E-state index contributed by atoms with van der Waals surface area (Å²) >= 11 is 0. The maximum atomic E-state index is 5.67. The first kappa shape index (κ1) is 10.5.